The van der Waals surface area contributed by atoms with Crippen LogP contribution in [0.15, 0.2) is 0 Å². The molecule has 0 heterocycles. The van der Waals surface area contributed by atoms with Crippen molar-refractivity contribution in [2.24, 2.45) is 0 Å². The number of ether oxygens (including phenoxy) is 2. The zero-order chi connectivity index (χ0) is 27.9. The smallest absolute Gasteiger partial charge is 0.305 e. The molecule has 0 radical (unpaired) electrons. The van der Waals surface area contributed by atoms with Gasteiger partial charge in [0.05, 0.1) is 0 Å². The fraction of sp³-hybridized carbons (Fsp3) is 0.939. The monoisotopic (exact) mass is 540 g/mol. The fourth-order valence-corrected chi connectivity index (χ4v) is 4.79. The van der Waals surface area contributed by atoms with Gasteiger partial charge in [0.15, 0.2) is 0 Å². The van der Waals surface area contributed by atoms with E-state index in [9.17, 15) is 14.7 Å². The summed E-state index contributed by atoms with van der Waals surface area (Å²) in [6, 6.07) is 0. The number of rotatable bonds is 30. The summed E-state index contributed by atoms with van der Waals surface area (Å²) in [7, 11) is 0. The fourth-order valence-electron chi connectivity index (χ4n) is 4.79. The van der Waals surface area contributed by atoms with Gasteiger partial charge >= 0.3 is 11.9 Å². The third kappa shape index (κ3) is 29.5. The van der Waals surface area contributed by atoms with Crippen molar-refractivity contribution in [3.63, 3.8) is 0 Å². The topological polar surface area (TPSA) is 72.8 Å². The van der Waals surface area contributed by atoms with Crippen molar-refractivity contribution in [2.45, 2.75) is 187 Å². The van der Waals surface area contributed by atoms with Crippen LogP contribution in [0.2, 0.25) is 0 Å². The molecule has 0 aliphatic rings. The molecule has 0 amide bonds. The van der Waals surface area contributed by atoms with Gasteiger partial charge in [-0.15, -0.1) is 0 Å². The molecule has 0 aromatic rings. The number of carbonyl (C=O) groups is 2. The molecule has 1 atom stereocenters. The predicted octanol–water partition coefficient (Wildman–Crippen LogP) is 9.62. The Hall–Kier alpha value is -1.10. The van der Waals surface area contributed by atoms with Gasteiger partial charge in [0.2, 0.25) is 0 Å². The molecule has 38 heavy (non-hydrogen) atoms. The van der Waals surface area contributed by atoms with Crippen LogP contribution in [0.25, 0.3) is 0 Å². The Morgan fingerprint density at radius 1 is 0.447 bits per heavy atom. The highest BCUT2D eigenvalue weighted by atomic mass is 16.6. The lowest BCUT2D eigenvalue weighted by Crippen LogP contribution is -2.25. The molecule has 0 aromatic carbocycles. The minimum atomic E-state index is -0.952. The first-order valence-electron chi connectivity index (χ1n) is 16.6. The molecule has 0 aromatic heterocycles. The maximum absolute atomic E-state index is 11.9. The Bertz CT molecular complexity index is 508. The highest BCUT2D eigenvalue weighted by molar-refractivity contribution is 5.69. The quantitative estimate of drug-likeness (QED) is 0.0725. The third-order valence-electron chi connectivity index (χ3n) is 7.34. The van der Waals surface area contributed by atoms with Crippen LogP contribution in [0.3, 0.4) is 0 Å². The van der Waals surface area contributed by atoms with Crippen LogP contribution in [0.4, 0.5) is 0 Å². The minimum Gasteiger partial charge on any atom is -0.463 e. The van der Waals surface area contributed by atoms with E-state index in [0.29, 0.717) is 12.8 Å². The first-order chi connectivity index (χ1) is 18.6. The maximum atomic E-state index is 11.9. The lowest BCUT2D eigenvalue weighted by Gasteiger charge is -2.12. The van der Waals surface area contributed by atoms with E-state index in [0.717, 1.165) is 32.1 Å². The number of unbranched alkanes of at least 4 members (excludes halogenated alkanes) is 22. The van der Waals surface area contributed by atoms with Crippen molar-refractivity contribution in [1.29, 1.82) is 0 Å². The highest BCUT2D eigenvalue weighted by Gasteiger charge is 2.12. The van der Waals surface area contributed by atoms with E-state index >= 15 is 0 Å². The molecule has 0 unspecified atom stereocenters. The number of aliphatic hydroxyl groups is 1. The molecular formula is C33H64O5. The van der Waals surface area contributed by atoms with Crippen LogP contribution in [0.1, 0.15) is 181 Å². The van der Waals surface area contributed by atoms with Gasteiger partial charge in [-0.3, -0.25) is 9.59 Å². The molecule has 0 saturated carbocycles. The molecule has 0 bridgehead atoms. The van der Waals surface area contributed by atoms with Crippen molar-refractivity contribution < 1.29 is 24.2 Å². The normalized spacial score (nSPS) is 12.0. The van der Waals surface area contributed by atoms with Gasteiger partial charge in [0.1, 0.15) is 19.3 Å². The summed E-state index contributed by atoms with van der Waals surface area (Å²) in [6.45, 7) is 4.28. The molecule has 0 aliphatic carbocycles. The Balaban J connectivity index is 3.39. The van der Waals surface area contributed by atoms with Gasteiger partial charge < -0.3 is 14.6 Å². The maximum Gasteiger partial charge on any atom is 0.305 e. The van der Waals surface area contributed by atoms with Crippen LogP contribution >= 0.6 is 0 Å². The van der Waals surface area contributed by atoms with E-state index in [1.165, 1.54) is 122 Å². The lowest BCUT2D eigenvalue weighted by atomic mass is 10.0. The molecule has 0 spiro atoms. The number of hydrogen-bond acceptors (Lipinski definition) is 5. The number of aliphatic hydroxyl groups excluding tert-OH is 1. The van der Waals surface area contributed by atoms with Gasteiger partial charge in [0.25, 0.3) is 0 Å². The molecule has 0 rings (SSSR count). The summed E-state index contributed by atoms with van der Waals surface area (Å²) < 4.78 is 10.3. The molecule has 1 N–H and O–H groups in total. The molecule has 5 nitrogen and oxygen atoms in total. The van der Waals surface area contributed by atoms with E-state index in [1.54, 1.807) is 0 Å². The summed E-state index contributed by atoms with van der Waals surface area (Å²) in [6.07, 6.45) is 30.1. The van der Waals surface area contributed by atoms with Crippen LogP contribution in [-0.4, -0.2) is 36.4 Å². The van der Waals surface area contributed by atoms with E-state index in [1.807, 2.05) is 0 Å². The van der Waals surface area contributed by atoms with E-state index < -0.39 is 6.10 Å². The predicted molar refractivity (Wildman–Crippen MR) is 159 cm³/mol. The van der Waals surface area contributed by atoms with Gasteiger partial charge in [-0.05, 0) is 12.8 Å². The second kappa shape index (κ2) is 30.4. The van der Waals surface area contributed by atoms with Crippen molar-refractivity contribution in [1.82, 2.24) is 0 Å². The second-order valence-electron chi connectivity index (χ2n) is 11.3. The summed E-state index contributed by atoms with van der Waals surface area (Å²) in [4.78, 5) is 23.7. The van der Waals surface area contributed by atoms with Crippen LogP contribution < -0.4 is 0 Å². The average molecular weight is 541 g/mol. The molecule has 226 valence electrons. The van der Waals surface area contributed by atoms with E-state index in [2.05, 4.69) is 13.8 Å². The summed E-state index contributed by atoms with van der Waals surface area (Å²) in [5, 5.41) is 9.93. The summed E-state index contributed by atoms with van der Waals surface area (Å²) in [5.41, 5.74) is 0. The number of esters is 2. The average Bonchev–Trinajstić information content (AvgIpc) is 2.92. The van der Waals surface area contributed by atoms with Gasteiger partial charge in [-0.2, -0.15) is 0 Å². The highest BCUT2D eigenvalue weighted by Crippen LogP contribution is 2.14. The van der Waals surface area contributed by atoms with Crippen molar-refractivity contribution in [3.05, 3.63) is 0 Å². The lowest BCUT2D eigenvalue weighted by molar-refractivity contribution is -0.152. The molecule has 5 heteroatoms. The Kier molecular flexibility index (Phi) is 29.6. The second-order valence-corrected chi connectivity index (χ2v) is 11.3. The van der Waals surface area contributed by atoms with Crippen LogP contribution in [0.5, 0.6) is 0 Å². The van der Waals surface area contributed by atoms with Crippen LogP contribution in [-0.2, 0) is 19.1 Å². The Labute approximate surface area is 236 Å². The van der Waals surface area contributed by atoms with Crippen molar-refractivity contribution in [2.75, 3.05) is 13.2 Å². The molecular weight excluding hydrogens is 476 g/mol. The third-order valence-corrected chi connectivity index (χ3v) is 7.34. The minimum absolute atomic E-state index is 0.108. The van der Waals surface area contributed by atoms with Crippen molar-refractivity contribution in [3.8, 4) is 0 Å². The van der Waals surface area contributed by atoms with E-state index in [4.69, 9.17) is 9.47 Å². The number of hydrogen-bond donors (Lipinski definition) is 1. The molecule has 0 fully saturated rings. The van der Waals surface area contributed by atoms with Crippen LogP contribution in [0, 0.1) is 0 Å². The van der Waals surface area contributed by atoms with Gasteiger partial charge in [-0.25, -0.2) is 0 Å². The Morgan fingerprint density at radius 3 is 0.947 bits per heavy atom. The number of carbonyl (C=O) groups excluding carboxylic acids is 2. The van der Waals surface area contributed by atoms with E-state index in [-0.39, 0.29) is 25.2 Å². The Morgan fingerprint density at radius 2 is 0.684 bits per heavy atom. The molecule has 0 saturated heterocycles. The zero-order valence-electron chi connectivity index (χ0n) is 25.5. The largest absolute Gasteiger partial charge is 0.463 e. The SMILES string of the molecule is CCCCCCCCCCCCCCCCCC(=O)OC[C@@H](O)COC(=O)CCCCCCCCCCC. The standard InChI is InChI=1S/C33H64O5/c1-3-5-7-9-11-13-14-15-16-17-18-20-22-24-26-28-33(36)38-30-31(34)29-37-32(35)27-25-23-21-19-12-10-8-6-4-2/h31,34H,3-30H2,1-2H3/t31-/m0/s1. The summed E-state index contributed by atoms with van der Waals surface area (Å²) in [5.74, 6) is -0.559. The first kappa shape index (κ1) is 36.9. The zero-order valence-corrected chi connectivity index (χ0v) is 25.5. The van der Waals surface area contributed by atoms with Gasteiger partial charge in [-0.1, -0.05) is 155 Å². The summed E-state index contributed by atoms with van der Waals surface area (Å²) >= 11 is 0. The first-order valence-corrected chi connectivity index (χ1v) is 16.6. The van der Waals surface area contributed by atoms with Crippen molar-refractivity contribution >= 4 is 11.9 Å². The van der Waals surface area contributed by atoms with Gasteiger partial charge in [0, 0.05) is 12.8 Å². The molecule has 0 aliphatic heterocycles.